The van der Waals surface area contributed by atoms with E-state index in [2.05, 4.69) is 22.5 Å². The van der Waals surface area contributed by atoms with Gasteiger partial charge in [-0.15, -0.1) is 6.58 Å². The minimum absolute atomic E-state index is 0.220. The van der Waals surface area contributed by atoms with Gasteiger partial charge in [0.25, 0.3) is 11.1 Å². The highest BCUT2D eigenvalue weighted by atomic mass is 79.9. The second kappa shape index (κ2) is 12.6. The zero-order chi connectivity index (χ0) is 28.1. The van der Waals surface area contributed by atoms with E-state index in [9.17, 15) is 9.59 Å². The van der Waals surface area contributed by atoms with Crippen LogP contribution >= 0.6 is 27.7 Å². The Kier molecular flexibility index (Phi) is 8.72. The Hall–Kier alpha value is -3.81. The first-order valence-corrected chi connectivity index (χ1v) is 14.6. The molecule has 1 fully saturated rings. The number of amides is 2. The molecule has 7 heteroatoms. The number of carbonyl (C=O) groups excluding carboxylic acids is 2. The summed E-state index contributed by atoms with van der Waals surface area (Å²) in [5, 5.41) is 1.82. The number of allylic oxidation sites excluding steroid dienone is 1. The number of fused-ring (bicyclic) bond motifs is 1. The van der Waals surface area contributed by atoms with Crippen LogP contribution in [0.2, 0.25) is 0 Å². The molecule has 0 unspecified atom stereocenters. The van der Waals surface area contributed by atoms with Crippen LogP contribution in [0, 0.1) is 0 Å². The summed E-state index contributed by atoms with van der Waals surface area (Å²) in [5.74, 6) is 0.924. The maximum absolute atomic E-state index is 13.4. The Morgan fingerprint density at radius 2 is 1.73 bits per heavy atom. The lowest BCUT2D eigenvalue weighted by Gasteiger charge is -2.17. The van der Waals surface area contributed by atoms with Crippen molar-refractivity contribution in [2.45, 2.75) is 26.5 Å². The highest BCUT2D eigenvalue weighted by molar-refractivity contribution is 9.10. The predicted molar refractivity (Wildman–Crippen MR) is 165 cm³/mol. The smallest absolute Gasteiger partial charge is 0.293 e. The molecule has 1 saturated heterocycles. The van der Waals surface area contributed by atoms with Crippen molar-refractivity contribution in [1.82, 2.24) is 4.90 Å². The number of hydrogen-bond acceptors (Lipinski definition) is 5. The van der Waals surface area contributed by atoms with Gasteiger partial charge in [0.1, 0.15) is 6.61 Å². The average molecular weight is 615 g/mol. The van der Waals surface area contributed by atoms with E-state index in [1.165, 1.54) is 4.90 Å². The number of imide groups is 1. The van der Waals surface area contributed by atoms with E-state index in [-0.39, 0.29) is 17.7 Å². The predicted octanol–water partition coefficient (Wildman–Crippen LogP) is 8.55. The van der Waals surface area contributed by atoms with E-state index in [4.69, 9.17) is 9.47 Å². The average Bonchev–Trinajstić information content (AvgIpc) is 3.21. The Morgan fingerprint density at radius 1 is 0.950 bits per heavy atom. The fraction of sp³-hybridized carbons (Fsp3) is 0.152. The Balaban J connectivity index is 1.42. The molecule has 1 heterocycles. The first kappa shape index (κ1) is 27.7. The van der Waals surface area contributed by atoms with Crippen LogP contribution in [0.1, 0.15) is 29.2 Å². The summed E-state index contributed by atoms with van der Waals surface area (Å²) in [7, 11) is 0. The molecule has 0 atom stereocenters. The SMILES string of the molecule is C=CCc1cc(/C=C2\SC(=O)N(Cc3cccc4ccccc34)C2=O)cc(OCC)c1OCc1ccc(Br)cc1. The molecule has 4 aromatic carbocycles. The molecular formula is C33H28BrNO4S. The zero-order valence-corrected chi connectivity index (χ0v) is 24.5. The third-order valence-corrected chi connectivity index (χ3v) is 7.93. The molecule has 0 N–H and O–H groups in total. The van der Waals surface area contributed by atoms with Gasteiger partial charge in [0, 0.05) is 10.0 Å². The quantitative estimate of drug-likeness (QED) is 0.132. The maximum atomic E-state index is 13.4. The molecule has 2 amide bonds. The van der Waals surface area contributed by atoms with Crippen molar-refractivity contribution in [3.8, 4) is 11.5 Å². The van der Waals surface area contributed by atoms with E-state index < -0.39 is 0 Å². The number of rotatable bonds is 10. The lowest BCUT2D eigenvalue weighted by Crippen LogP contribution is -2.27. The van der Waals surface area contributed by atoms with Crippen LogP contribution in [-0.4, -0.2) is 22.7 Å². The van der Waals surface area contributed by atoms with Crippen LogP contribution in [0.3, 0.4) is 0 Å². The third kappa shape index (κ3) is 6.16. The summed E-state index contributed by atoms with van der Waals surface area (Å²) in [6.45, 7) is 6.86. The van der Waals surface area contributed by atoms with Crippen LogP contribution in [0.15, 0.2) is 101 Å². The molecule has 40 heavy (non-hydrogen) atoms. The van der Waals surface area contributed by atoms with Crippen molar-refractivity contribution in [2.24, 2.45) is 0 Å². The van der Waals surface area contributed by atoms with Gasteiger partial charge in [-0.3, -0.25) is 14.5 Å². The van der Waals surface area contributed by atoms with Crippen LogP contribution in [0.5, 0.6) is 11.5 Å². The van der Waals surface area contributed by atoms with Gasteiger partial charge in [-0.05, 0) is 82.9 Å². The summed E-state index contributed by atoms with van der Waals surface area (Å²) in [5.41, 5.74) is 3.60. The number of halogens is 1. The minimum Gasteiger partial charge on any atom is -0.490 e. The van der Waals surface area contributed by atoms with Gasteiger partial charge in [0.15, 0.2) is 11.5 Å². The summed E-state index contributed by atoms with van der Waals surface area (Å²) in [6, 6.07) is 25.7. The van der Waals surface area contributed by atoms with Gasteiger partial charge in [-0.1, -0.05) is 76.6 Å². The molecule has 0 spiro atoms. The summed E-state index contributed by atoms with van der Waals surface area (Å²) in [4.78, 5) is 28.0. The van der Waals surface area contributed by atoms with Crippen LogP contribution in [0.25, 0.3) is 16.8 Å². The molecular weight excluding hydrogens is 586 g/mol. The van der Waals surface area contributed by atoms with Gasteiger partial charge in [-0.25, -0.2) is 0 Å². The maximum Gasteiger partial charge on any atom is 0.293 e. The van der Waals surface area contributed by atoms with Crippen LogP contribution in [0.4, 0.5) is 4.79 Å². The summed E-state index contributed by atoms with van der Waals surface area (Å²) < 4.78 is 13.2. The number of ether oxygens (including phenoxy) is 2. The molecule has 4 aromatic rings. The van der Waals surface area contributed by atoms with Crippen LogP contribution in [-0.2, 0) is 24.4 Å². The van der Waals surface area contributed by atoms with Gasteiger partial charge in [0.2, 0.25) is 0 Å². The largest absolute Gasteiger partial charge is 0.490 e. The Labute approximate surface area is 246 Å². The highest BCUT2D eigenvalue weighted by Gasteiger charge is 2.35. The number of benzene rings is 4. The number of thioether (sulfide) groups is 1. The lowest BCUT2D eigenvalue weighted by atomic mass is 10.0. The van der Waals surface area contributed by atoms with Gasteiger partial charge in [-0.2, -0.15) is 0 Å². The number of carbonyl (C=O) groups is 2. The molecule has 0 aromatic heterocycles. The zero-order valence-electron chi connectivity index (χ0n) is 22.1. The molecule has 1 aliphatic rings. The van der Waals surface area contributed by atoms with E-state index in [1.807, 2.05) is 85.8 Å². The van der Waals surface area contributed by atoms with Crippen molar-refractivity contribution in [1.29, 1.82) is 0 Å². The standard InChI is InChI=1S/C33H28BrNO4S/c1-3-8-25-17-23(18-29(38-4-2)31(25)39-21-22-13-15-27(34)16-14-22)19-30-32(36)35(33(37)40-30)20-26-11-7-10-24-9-5-6-12-28(24)26/h3,5-7,9-19H,1,4,8,20-21H2,2H3/b30-19-. The van der Waals surface area contributed by atoms with Crippen molar-refractivity contribution in [3.63, 3.8) is 0 Å². The molecule has 0 saturated carbocycles. The fourth-order valence-electron chi connectivity index (χ4n) is 4.63. The highest BCUT2D eigenvalue weighted by Crippen LogP contribution is 2.38. The molecule has 5 rings (SSSR count). The van der Waals surface area contributed by atoms with Crippen molar-refractivity contribution < 1.29 is 19.1 Å². The fourth-order valence-corrected chi connectivity index (χ4v) is 5.73. The minimum atomic E-state index is -0.304. The second-order valence-corrected chi connectivity index (χ2v) is 11.2. The van der Waals surface area contributed by atoms with Gasteiger partial charge < -0.3 is 9.47 Å². The summed E-state index contributed by atoms with van der Waals surface area (Å²) >= 11 is 4.41. The van der Waals surface area contributed by atoms with Crippen molar-refractivity contribution in [3.05, 3.63) is 123 Å². The van der Waals surface area contributed by atoms with E-state index in [0.29, 0.717) is 36.0 Å². The topological polar surface area (TPSA) is 55.8 Å². The monoisotopic (exact) mass is 613 g/mol. The molecule has 202 valence electrons. The molecule has 0 aliphatic carbocycles. The second-order valence-electron chi connectivity index (χ2n) is 9.25. The van der Waals surface area contributed by atoms with E-state index >= 15 is 0 Å². The molecule has 0 radical (unpaired) electrons. The first-order valence-electron chi connectivity index (χ1n) is 13.0. The van der Waals surface area contributed by atoms with Crippen molar-refractivity contribution in [2.75, 3.05) is 6.61 Å². The normalized spacial score (nSPS) is 14.2. The summed E-state index contributed by atoms with van der Waals surface area (Å²) in [6.07, 6.45) is 4.11. The third-order valence-electron chi connectivity index (χ3n) is 6.49. The van der Waals surface area contributed by atoms with Gasteiger partial charge in [0.05, 0.1) is 18.1 Å². The number of nitrogens with zero attached hydrogens (tertiary/aromatic N) is 1. The molecule has 5 nitrogen and oxygen atoms in total. The Morgan fingerprint density at radius 3 is 2.50 bits per heavy atom. The van der Waals surface area contributed by atoms with Gasteiger partial charge >= 0.3 is 0 Å². The number of hydrogen-bond donors (Lipinski definition) is 0. The lowest BCUT2D eigenvalue weighted by molar-refractivity contribution is -0.123. The Bertz CT molecular complexity index is 1610. The van der Waals surface area contributed by atoms with E-state index in [1.54, 1.807) is 12.2 Å². The van der Waals surface area contributed by atoms with Crippen LogP contribution < -0.4 is 9.47 Å². The van der Waals surface area contributed by atoms with Crippen molar-refractivity contribution >= 4 is 55.7 Å². The molecule has 0 bridgehead atoms. The first-order chi connectivity index (χ1) is 19.5. The molecule has 1 aliphatic heterocycles. The van der Waals surface area contributed by atoms with E-state index in [0.717, 1.165) is 49.3 Å².